The van der Waals surface area contributed by atoms with Gasteiger partial charge in [0.2, 0.25) is 0 Å². The summed E-state index contributed by atoms with van der Waals surface area (Å²) >= 11 is 0. The first-order valence-corrected chi connectivity index (χ1v) is 19.4. The van der Waals surface area contributed by atoms with Gasteiger partial charge < -0.3 is 9.84 Å². The summed E-state index contributed by atoms with van der Waals surface area (Å²) in [6.07, 6.45) is 3.25. The standard InChI is InChI=1S/C40H28N8O7S.O3S/c49-26-55-38-23-21-36(22-24-38)46-45-34-17-19-35(20-18-34)47-48-37-12-5-28(39(25-37)56(52,53)54)4-1-27-2-8-30(9-3-27)41-43-32-13-15-33(16-14-32)44-42-31-10-6-29(7-11-31)40(50)51;1-4(2)3/h1-26H,(H,50,51)(H,52,53,54);. The van der Waals surface area contributed by atoms with Crippen LogP contribution in [0, 0.1) is 0 Å². The van der Waals surface area contributed by atoms with Crippen molar-refractivity contribution >= 4 is 90.8 Å². The fraction of sp³-hybridized carbons (Fsp3) is 0. The Balaban J connectivity index is 0.00000163. The summed E-state index contributed by atoms with van der Waals surface area (Å²) in [6, 6.07) is 37.5. The Morgan fingerprint density at radius 3 is 1.22 bits per heavy atom. The topological polar surface area (TPSA) is 268 Å². The van der Waals surface area contributed by atoms with E-state index in [-0.39, 0.29) is 21.7 Å². The maximum Gasteiger partial charge on any atom is 0.425 e. The number of carboxylic acid groups (broad SMARTS) is 1. The van der Waals surface area contributed by atoms with E-state index in [9.17, 15) is 22.6 Å². The van der Waals surface area contributed by atoms with Crippen LogP contribution in [0.4, 0.5) is 45.5 Å². The van der Waals surface area contributed by atoms with Gasteiger partial charge in [-0.2, -0.15) is 49.3 Å². The van der Waals surface area contributed by atoms with Crippen molar-refractivity contribution in [3.8, 4) is 5.75 Å². The van der Waals surface area contributed by atoms with Crippen molar-refractivity contribution in [1.82, 2.24) is 0 Å². The number of carbonyl (C=O) groups excluding carboxylic acids is 1. The first kappa shape index (κ1) is 43.1. The van der Waals surface area contributed by atoms with Crippen molar-refractivity contribution in [3.05, 3.63) is 156 Å². The molecule has 6 aromatic rings. The Morgan fingerprint density at radius 2 is 0.850 bits per heavy atom. The van der Waals surface area contributed by atoms with Gasteiger partial charge in [0.05, 0.1) is 51.1 Å². The van der Waals surface area contributed by atoms with Gasteiger partial charge in [-0.05, 0) is 132 Å². The van der Waals surface area contributed by atoms with Gasteiger partial charge in [-0.25, -0.2) is 4.79 Å². The number of nitrogens with zero attached hydrogens (tertiary/aromatic N) is 8. The molecule has 0 unspecified atom stereocenters. The molecule has 0 saturated carbocycles. The van der Waals surface area contributed by atoms with Gasteiger partial charge in [0.25, 0.3) is 16.6 Å². The number of carbonyl (C=O) groups is 2. The van der Waals surface area contributed by atoms with Gasteiger partial charge in [-0.1, -0.05) is 30.4 Å². The first-order valence-electron chi connectivity index (χ1n) is 16.9. The van der Waals surface area contributed by atoms with Crippen LogP contribution in [0.5, 0.6) is 5.75 Å². The highest BCUT2D eigenvalue weighted by molar-refractivity contribution is 7.86. The van der Waals surface area contributed by atoms with E-state index >= 15 is 0 Å². The second-order valence-corrected chi connectivity index (χ2v) is 13.5. The third kappa shape index (κ3) is 13.8. The molecule has 300 valence electrons. The smallest absolute Gasteiger partial charge is 0.425 e. The van der Waals surface area contributed by atoms with E-state index in [1.165, 1.54) is 24.3 Å². The van der Waals surface area contributed by atoms with Gasteiger partial charge in [0.1, 0.15) is 10.6 Å². The molecular weight excluding hydrogens is 817 g/mol. The Labute approximate surface area is 342 Å². The van der Waals surface area contributed by atoms with Crippen molar-refractivity contribution in [2.24, 2.45) is 40.9 Å². The molecule has 0 aromatic heterocycles. The Kier molecular flexibility index (Phi) is 15.0. The summed E-state index contributed by atoms with van der Waals surface area (Å²) in [5.74, 6) is -0.624. The second-order valence-electron chi connectivity index (χ2n) is 11.7. The zero-order valence-corrected chi connectivity index (χ0v) is 32.2. The van der Waals surface area contributed by atoms with Crippen molar-refractivity contribution in [2.45, 2.75) is 4.90 Å². The number of benzene rings is 6. The van der Waals surface area contributed by atoms with Crippen LogP contribution in [0.15, 0.2) is 185 Å². The zero-order valence-electron chi connectivity index (χ0n) is 30.6. The van der Waals surface area contributed by atoms with Crippen molar-refractivity contribution < 1.29 is 45.0 Å². The van der Waals surface area contributed by atoms with E-state index < -0.39 is 26.7 Å². The molecule has 60 heavy (non-hydrogen) atoms. The summed E-state index contributed by atoms with van der Waals surface area (Å²) in [4.78, 5) is 21.1. The molecule has 0 bridgehead atoms. The first-order chi connectivity index (χ1) is 28.8. The minimum absolute atomic E-state index is 0.166. The van der Waals surface area contributed by atoms with E-state index in [4.69, 9.17) is 22.5 Å². The molecule has 0 aliphatic rings. The Hall–Kier alpha value is -8.07. The number of carboxylic acids is 1. The number of aromatic carboxylic acids is 1. The predicted molar refractivity (Wildman–Crippen MR) is 217 cm³/mol. The molecule has 0 radical (unpaired) electrons. The lowest BCUT2D eigenvalue weighted by molar-refractivity contribution is -0.120. The molecular formula is C40H28N8O10S2. The van der Waals surface area contributed by atoms with E-state index in [1.807, 2.05) is 0 Å². The molecule has 18 nitrogen and oxygen atoms in total. The molecule has 0 saturated heterocycles. The maximum absolute atomic E-state index is 12.3. The lowest BCUT2D eigenvalue weighted by Gasteiger charge is -2.04. The molecule has 6 rings (SSSR count). The number of hydrogen-bond acceptors (Lipinski definition) is 16. The van der Waals surface area contributed by atoms with E-state index in [0.29, 0.717) is 52.0 Å². The molecule has 0 fully saturated rings. The minimum atomic E-state index is -4.60. The van der Waals surface area contributed by atoms with Gasteiger partial charge >= 0.3 is 16.6 Å². The van der Waals surface area contributed by atoms with Crippen molar-refractivity contribution in [3.63, 3.8) is 0 Å². The summed E-state index contributed by atoms with van der Waals surface area (Å²) < 4.78 is 64.6. The van der Waals surface area contributed by atoms with Crippen LogP contribution in [-0.4, -0.2) is 43.1 Å². The summed E-state index contributed by atoms with van der Waals surface area (Å²) in [7, 11) is -7.71. The maximum atomic E-state index is 12.3. The monoisotopic (exact) mass is 844 g/mol. The van der Waals surface area contributed by atoms with E-state index in [2.05, 4.69) is 40.9 Å². The summed E-state index contributed by atoms with van der Waals surface area (Å²) in [5, 5.41) is 42.3. The van der Waals surface area contributed by atoms with E-state index in [0.717, 1.165) is 5.56 Å². The highest BCUT2D eigenvalue weighted by atomic mass is 32.2. The lowest BCUT2D eigenvalue weighted by atomic mass is 10.1. The van der Waals surface area contributed by atoms with Gasteiger partial charge in [-0.3, -0.25) is 9.35 Å². The van der Waals surface area contributed by atoms with Gasteiger partial charge in [-0.15, -0.1) is 12.6 Å². The molecule has 0 spiro atoms. The van der Waals surface area contributed by atoms with Crippen molar-refractivity contribution in [2.75, 3.05) is 0 Å². The van der Waals surface area contributed by atoms with Crippen LogP contribution in [0.2, 0.25) is 0 Å². The summed E-state index contributed by atoms with van der Waals surface area (Å²) in [5.41, 5.74) is 5.21. The molecule has 0 heterocycles. The number of hydrogen-bond donors (Lipinski definition) is 2. The minimum Gasteiger partial charge on any atom is -0.478 e. The van der Waals surface area contributed by atoms with Crippen LogP contribution in [-0.2, 0) is 25.5 Å². The highest BCUT2D eigenvalue weighted by Crippen LogP contribution is 2.29. The lowest BCUT2D eigenvalue weighted by Crippen LogP contribution is -2.00. The third-order valence-electron chi connectivity index (χ3n) is 7.58. The Morgan fingerprint density at radius 1 is 0.517 bits per heavy atom. The predicted octanol–water partition coefficient (Wildman–Crippen LogP) is 11.0. The molecule has 0 aliphatic heterocycles. The van der Waals surface area contributed by atoms with E-state index in [1.54, 1.807) is 127 Å². The van der Waals surface area contributed by atoms with Crippen LogP contribution in [0.25, 0.3) is 12.2 Å². The Bertz CT molecular complexity index is 2830. The fourth-order valence-corrected chi connectivity index (χ4v) is 5.44. The van der Waals surface area contributed by atoms with Crippen LogP contribution in [0.3, 0.4) is 0 Å². The molecule has 2 N–H and O–H groups in total. The normalized spacial score (nSPS) is 11.6. The van der Waals surface area contributed by atoms with Gasteiger partial charge in [0.15, 0.2) is 0 Å². The average molecular weight is 845 g/mol. The molecule has 0 amide bonds. The number of ether oxygens (including phenoxy) is 1. The molecule has 0 atom stereocenters. The van der Waals surface area contributed by atoms with Crippen molar-refractivity contribution in [1.29, 1.82) is 0 Å². The zero-order chi connectivity index (χ0) is 42.9. The highest BCUT2D eigenvalue weighted by Gasteiger charge is 2.15. The number of azo groups is 4. The molecule has 20 heteroatoms. The molecule has 6 aromatic carbocycles. The van der Waals surface area contributed by atoms with Gasteiger partial charge in [0, 0.05) is 0 Å². The number of rotatable bonds is 14. The third-order valence-corrected chi connectivity index (χ3v) is 8.49. The molecule has 0 aliphatic carbocycles. The summed E-state index contributed by atoms with van der Waals surface area (Å²) in [6.45, 7) is 0.341. The average Bonchev–Trinajstić information content (AvgIpc) is 3.24. The second kappa shape index (κ2) is 20.9. The van der Waals surface area contributed by atoms with Crippen LogP contribution < -0.4 is 4.74 Å². The SMILES string of the molecule is O=COc1ccc(N=Nc2ccc(N=Nc3ccc(C=Cc4ccc(N=Nc5ccc(N=Nc6ccc(C(=O)O)cc6)cc5)cc4)c(S(=O)(=O)O)c3)cc2)cc1.O=S(=O)=O. The largest absolute Gasteiger partial charge is 0.478 e. The quantitative estimate of drug-likeness (QED) is 0.0453. The fourth-order valence-electron chi connectivity index (χ4n) is 4.74. The van der Waals surface area contributed by atoms with Crippen LogP contribution >= 0.6 is 0 Å². The van der Waals surface area contributed by atoms with Crippen LogP contribution in [0.1, 0.15) is 21.5 Å².